The Kier molecular flexibility index (Phi) is 3.92. The van der Waals surface area contributed by atoms with Crippen molar-refractivity contribution in [3.8, 4) is 6.07 Å². The van der Waals surface area contributed by atoms with E-state index in [0.29, 0.717) is 5.92 Å². The smallest absolute Gasteiger partial charge is 0.252 e. The molecule has 0 bridgehead atoms. The average molecular weight is 247 g/mol. The first-order chi connectivity index (χ1) is 8.69. The van der Waals surface area contributed by atoms with Crippen LogP contribution in [0, 0.1) is 17.2 Å². The van der Waals surface area contributed by atoms with Gasteiger partial charge in [-0.2, -0.15) is 5.26 Å². The van der Waals surface area contributed by atoms with Gasteiger partial charge in [-0.3, -0.25) is 4.79 Å². The van der Waals surface area contributed by atoms with Crippen molar-refractivity contribution in [2.75, 3.05) is 0 Å². The molecule has 96 valence electrons. The van der Waals surface area contributed by atoms with Gasteiger partial charge in [0.1, 0.15) is 18.9 Å². The van der Waals surface area contributed by atoms with E-state index in [4.69, 9.17) is 5.26 Å². The average Bonchev–Trinajstić information content (AvgIpc) is 2.80. The zero-order chi connectivity index (χ0) is 13.0. The molecule has 0 radical (unpaired) electrons. The molecule has 2 unspecified atom stereocenters. The summed E-state index contributed by atoms with van der Waals surface area (Å²) in [4.78, 5) is 15.6. The molecule has 18 heavy (non-hydrogen) atoms. The molecule has 1 aliphatic carbocycles. The van der Waals surface area contributed by atoms with Gasteiger partial charge < -0.3 is 5.32 Å². The largest absolute Gasteiger partial charge is 0.351 e. The quantitative estimate of drug-likeness (QED) is 0.858. The Morgan fingerprint density at radius 1 is 1.61 bits per heavy atom. The van der Waals surface area contributed by atoms with Crippen LogP contribution in [0.15, 0.2) is 6.33 Å². The van der Waals surface area contributed by atoms with E-state index >= 15 is 0 Å². The number of carbonyl (C=O) groups excluding carboxylic acids is 1. The zero-order valence-electron chi connectivity index (χ0n) is 10.5. The number of hydrogen-bond acceptors (Lipinski definition) is 4. The highest BCUT2D eigenvalue weighted by Crippen LogP contribution is 2.23. The Labute approximate surface area is 106 Å². The van der Waals surface area contributed by atoms with Gasteiger partial charge in [-0.1, -0.05) is 19.8 Å². The van der Waals surface area contributed by atoms with Crippen molar-refractivity contribution in [2.45, 2.75) is 45.2 Å². The third-order valence-electron chi connectivity index (χ3n) is 3.40. The monoisotopic (exact) mass is 247 g/mol. The number of nitriles is 1. The molecule has 2 rings (SSSR count). The Hall–Kier alpha value is -1.90. The van der Waals surface area contributed by atoms with Crippen LogP contribution in [0.25, 0.3) is 0 Å². The second kappa shape index (κ2) is 5.63. The maximum absolute atomic E-state index is 11.8. The van der Waals surface area contributed by atoms with E-state index in [1.807, 2.05) is 6.07 Å². The zero-order valence-corrected chi connectivity index (χ0v) is 10.5. The second-order valence-electron chi connectivity index (χ2n) is 4.81. The number of rotatable bonds is 3. The van der Waals surface area contributed by atoms with E-state index in [-0.39, 0.29) is 24.3 Å². The van der Waals surface area contributed by atoms with Gasteiger partial charge in [0.2, 0.25) is 5.91 Å². The molecule has 0 spiro atoms. The summed E-state index contributed by atoms with van der Waals surface area (Å²) in [6.45, 7) is 2.30. The molecule has 1 N–H and O–H groups in total. The minimum Gasteiger partial charge on any atom is -0.351 e. The first-order valence-electron chi connectivity index (χ1n) is 6.28. The van der Waals surface area contributed by atoms with Gasteiger partial charge >= 0.3 is 0 Å². The van der Waals surface area contributed by atoms with Crippen LogP contribution >= 0.6 is 0 Å². The maximum atomic E-state index is 11.8. The third kappa shape index (κ3) is 3.06. The minimum atomic E-state index is -0.0665. The number of hydrogen-bond donors (Lipinski definition) is 1. The second-order valence-corrected chi connectivity index (χ2v) is 4.81. The van der Waals surface area contributed by atoms with Crippen molar-refractivity contribution in [1.82, 2.24) is 20.1 Å². The van der Waals surface area contributed by atoms with Crippen molar-refractivity contribution in [3.63, 3.8) is 0 Å². The molecular weight excluding hydrogens is 230 g/mol. The lowest BCUT2D eigenvalue weighted by atomic mass is 9.86. The molecule has 1 amide bonds. The number of aromatic nitrogens is 3. The van der Waals surface area contributed by atoms with E-state index in [0.717, 1.165) is 6.42 Å². The van der Waals surface area contributed by atoms with Gasteiger partial charge in [0.05, 0.1) is 0 Å². The summed E-state index contributed by atoms with van der Waals surface area (Å²) >= 11 is 0. The molecule has 0 aromatic carbocycles. The summed E-state index contributed by atoms with van der Waals surface area (Å²) in [5, 5.41) is 15.5. The molecule has 1 aromatic heterocycles. The molecule has 0 aliphatic heterocycles. The van der Waals surface area contributed by atoms with E-state index < -0.39 is 0 Å². The van der Waals surface area contributed by atoms with Gasteiger partial charge in [-0.25, -0.2) is 9.67 Å². The molecule has 1 saturated carbocycles. The molecule has 1 heterocycles. The van der Waals surface area contributed by atoms with Crippen LogP contribution in [-0.2, 0) is 11.3 Å². The molecule has 2 atom stereocenters. The number of carbonyl (C=O) groups is 1. The van der Waals surface area contributed by atoms with Crippen molar-refractivity contribution < 1.29 is 4.79 Å². The van der Waals surface area contributed by atoms with Gasteiger partial charge in [0, 0.05) is 6.04 Å². The Morgan fingerprint density at radius 3 is 3.06 bits per heavy atom. The fraction of sp³-hybridized carbons (Fsp3) is 0.667. The van der Waals surface area contributed by atoms with Gasteiger partial charge in [-0.15, -0.1) is 5.10 Å². The normalized spacial score (nSPS) is 23.3. The summed E-state index contributed by atoms with van der Waals surface area (Å²) in [7, 11) is 0. The topological polar surface area (TPSA) is 83.6 Å². The summed E-state index contributed by atoms with van der Waals surface area (Å²) in [6, 6.07) is 2.10. The van der Waals surface area contributed by atoms with Crippen LogP contribution in [0.3, 0.4) is 0 Å². The van der Waals surface area contributed by atoms with Crippen LogP contribution in [-0.4, -0.2) is 26.7 Å². The van der Waals surface area contributed by atoms with Gasteiger partial charge in [0.25, 0.3) is 5.82 Å². The third-order valence-corrected chi connectivity index (χ3v) is 3.40. The lowest BCUT2D eigenvalue weighted by Crippen LogP contribution is -2.42. The lowest BCUT2D eigenvalue weighted by molar-refractivity contribution is -0.123. The van der Waals surface area contributed by atoms with Crippen LogP contribution < -0.4 is 5.32 Å². The predicted octanol–water partition coefficient (Wildman–Crippen LogP) is 0.845. The highest BCUT2D eigenvalue weighted by molar-refractivity contribution is 5.75. The molecule has 1 aliphatic rings. The van der Waals surface area contributed by atoms with Crippen LogP contribution in [0.4, 0.5) is 0 Å². The molecule has 6 nitrogen and oxygen atoms in total. The number of nitrogens with one attached hydrogen (secondary N) is 1. The van der Waals surface area contributed by atoms with Crippen molar-refractivity contribution >= 4 is 5.91 Å². The standard InChI is InChI=1S/C12H17N5O/c1-9-4-2-3-5-10(9)15-12(18)7-17-8-14-11(6-13)16-17/h8-10H,2-5,7H2,1H3,(H,15,18). The first-order valence-corrected chi connectivity index (χ1v) is 6.28. The Morgan fingerprint density at radius 2 is 2.39 bits per heavy atom. The predicted molar refractivity (Wildman–Crippen MR) is 64.3 cm³/mol. The number of nitrogens with zero attached hydrogens (tertiary/aromatic N) is 4. The van der Waals surface area contributed by atoms with Gasteiger partial charge in [0.15, 0.2) is 0 Å². The summed E-state index contributed by atoms with van der Waals surface area (Å²) in [5.74, 6) is 0.560. The van der Waals surface area contributed by atoms with Crippen LogP contribution in [0.2, 0.25) is 0 Å². The molecule has 1 fully saturated rings. The highest BCUT2D eigenvalue weighted by Gasteiger charge is 2.22. The summed E-state index contributed by atoms with van der Waals surface area (Å²) < 4.78 is 1.39. The van der Waals surface area contributed by atoms with E-state index in [1.165, 1.54) is 30.3 Å². The van der Waals surface area contributed by atoms with Crippen LogP contribution in [0.5, 0.6) is 0 Å². The Bertz CT molecular complexity index is 461. The Balaban J connectivity index is 1.86. The first kappa shape index (κ1) is 12.6. The fourth-order valence-corrected chi connectivity index (χ4v) is 2.35. The molecule has 6 heteroatoms. The van der Waals surface area contributed by atoms with Gasteiger partial charge in [-0.05, 0) is 18.8 Å². The fourth-order valence-electron chi connectivity index (χ4n) is 2.35. The van der Waals surface area contributed by atoms with Crippen molar-refractivity contribution in [3.05, 3.63) is 12.2 Å². The van der Waals surface area contributed by atoms with E-state index in [1.54, 1.807) is 0 Å². The number of amides is 1. The molecule has 0 saturated heterocycles. The summed E-state index contributed by atoms with van der Waals surface area (Å²) in [5.41, 5.74) is 0. The van der Waals surface area contributed by atoms with Crippen molar-refractivity contribution in [2.24, 2.45) is 5.92 Å². The maximum Gasteiger partial charge on any atom is 0.252 e. The highest BCUT2D eigenvalue weighted by atomic mass is 16.2. The lowest BCUT2D eigenvalue weighted by Gasteiger charge is -2.29. The molecular formula is C12H17N5O. The van der Waals surface area contributed by atoms with E-state index in [2.05, 4.69) is 22.3 Å². The minimum absolute atomic E-state index is 0.0665. The molecule has 1 aromatic rings. The SMILES string of the molecule is CC1CCCCC1NC(=O)Cn1cnc(C#N)n1. The van der Waals surface area contributed by atoms with E-state index in [9.17, 15) is 4.79 Å². The van der Waals surface area contributed by atoms with Crippen molar-refractivity contribution in [1.29, 1.82) is 5.26 Å². The summed E-state index contributed by atoms with van der Waals surface area (Å²) in [6.07, 6.45) is 6.06. The van der Waals surface area contributed by atoms with Crippen LogP contribution in [0.1, 0.15) is 38.4 Å².